The van der Waals surface area contributed by atoms with Crippen LogP contribution < -0.4 is 10.6 Å². The SMILES string of the molecule is CCNc1ncc(C)c(Nc2ccc(Br)cc2C#N)n1. The van der Waals surface area contributed by atoms with E-state index in [1.54, 1.807) is 12.3 Å². The number of nitrogens with zero attached hydrogens (tertiary/aromatic N) is 3. The zero-order chi connectivity index (χ0) is 14.5. The highest BCUT2D eigenvalue weighted by Crippen LogP contribution is 2.24. The van der Waals surface area contributed by atoms with Crippen LogP contribution in [0, 0.1) is 18.3 Å². The first kappa shape index (κ1) is 14.3. The van der Waals surface area contributed by atoms with Crippen molar-refractivity contribution in [2.24, 2.45) is 0 Å². The van der Waals surface area contributed by atoms with Gasteiger partial charge in [-0.3, -0.25) is 0 Å². The number of anilines is 3. The molecule has 1 aromatic heterocycles. The first-order chi connectivity index (χ1) is 9.63. The van der Waals surface area contributed by atoms with Crippen LogP contribution in [0.5, 0.6) is 0 Å². The summed E-state index contributed by atoms with van der Waals surface area (Å²) in [5, 5.41) is 15.4. The van der Waals surface area contributed by atoms with Gasteiger partial charge in [-0.25, -0.2) is 4.98 Å². The molecule has 0 fully saturated rings. The van der Waals surface area contributed by atoms with Crippen molar-refractivity contribution >= 4 is 33.4 Å². The predicted octanol–water partition coefficient (Wildman–Crippen LogP) is 3.59. The minimum absolute atomic E-state index is 0.558. The Morgan fingerprint density at radius 3 is 2.90 bits per heavy atom. The zero-order valence-corrected chi connectivity index (χ0v) is 12.8. The summed E-state index contributed by atoms with van der Waals surface area (Å²) in [6.45, 7) is 4.66. The highest BCUT2D eigenvalue weighted by atomic mass is 79.9. The van der Waals surface area contributed by atoms with Gasteiger partial charge in [0, 0.05) is 22.8 Å². The average molecular weight is 332 g/mol. The summed E-state index contributed by atoms with van der Waals surface area (Å²) in [5.41, 5.74) is 2.20. The molecule has 0 saturated heterocycles. The van der Waals surface area contributed by atoms with Crippen molar-refractivity contribution in [3.05, 3.63) is 40.0 Å². The number of rotatable bonds is 4. The van der Waals surface area contributed by atoms with Crippen molar-refractivity contribution in [2.45, 2.75) is 13.8 Å². The molecule has 0 unspecified atom stereocenters. The van der Waals surface area contributed by atoms with Crippen LogP contribution >= 0.6 is 15.9 Å². The van der Waals surface area contributed by atoms with Crippen LogP contribution in [0.25, 0.3) is 0 Å². The molecule has 1 aromatic carbocycles. The van der Waals surface area contributed by atoms with Gasteiger partial charge >= 0.3 is 0 Å². The van der Waals surface area contributed by atoms with Gasteiger partial charge in [-0.1, -0.05) is 15.9 Å². The molecule has 6 heteroatoms. The van der Waals surface area contributed by atoms with Crippen molar-refractivity contribution in [3.63, 3.8) is 0 Å². The molecule has 20 heavy (non-hydrogen) atoms. The third kappa shape index (κ3) is 3.25. The van der Waals surface area contributed by atoms with E-state index in [1.165, 1.54) is 0 Å². The molecule has 0 atom stereocenters. The molecule has 102 valence electrons. The van der Waals surface area contributed by atoms with E-state index in [-0.39, 0.29) is 0 Å². The molecular formula is C14H14BrN5. The highest BCUT2D eigenvalue weighted by molar-refractivity contribution is 9.10. The summed E-state index contributed by atoms with van der Waals surface area (Å²) in [6, 6.07) is 7.66. The van der Waals surface area contributed by atoms with Gasteiger partial charge in [0.05, 0.1) is 11.3 Å². The summed E-state index contributed by atoms with van der Waals surface area (Å²) in [7, 11) is 0. The number of benzene rings is 1. The van der Waals surface area contributed by atoms with Crippen LogP contribution in [-0.2, 0) is 0 Å². The quantitative estimate of drug-likeness (QED) is 0.895. The molecule has 2 N–H and O–H groups in total. The monoisotopic (exact) mass is 331 g/mol. The van der Waals surface area contributed by atoms with Gasteiger partial charge in [-0.05, 0) is 32.0 Å². The largest absolute Gasteiger partial charge is 0.354 e. The van der Waals surface area contributed by atoms with Crippen molar-refractivity contribution < 1.29 is 0 Å². The Kier molecular flexibility index (Phi) is 4.53. The Bertz CT molecular complexity index is 663. The second-order valence-electron chi connectivity index (χ2n) is 4.18. The lowest BCUT2D eigenvalue weighted by Gasteiger charge is -2.11. The van der Waals surface area contributed by atoms with Gasteiger partial charge < -0.3 is 10.6 Å². The van der Waals surface area contributed by atoms with Crippen molar-refractivity contribution in [1.82, 2.24) is 9.97 Å². The molecule has 5 nitrogen and oxygen atoms in total. The van der Waals surface area contributed by atoms with Crippen LogP contribution in [-0.4, -0.2) is 16.5 Å². The normalized spacial score (nSPS) is 9.90. The van der Waals surface area contributed by atoms with Crippen molar-refractivity contribution in [3.8, 4) is 6.07 Å². The lowest BCUT2D eigenvalue weighted by molar-refractivity contribution is 1.07. The molecule has 0 saturated carbocycles. The molecule has 0 amide bonds. The van der Waals surface area contributed by atoms with E-state index in [0.29, 0.717) is 17.3 Å². The fourth-order valence-electron chi connectivity index (χ4n) is 1.66. The van der Waals surface area contributed by atoms with E-state index in [2.05, 4.69) is 42.6 Å². The topological polar surface area (TPSA) is 73.6 Å². The maximum atomic E-state index is 9.17. The third-order valence-electron chi connectivity index (χ3n) is 2.66. The first-order valence-electron chi connectivity index (χ1n) is 6.18. The van der Waals surface area contributed by atoms with Crippen molar-refractivity contribution in [2.75, 3.05) is 17.2 Å². The minimum atomic E-state index is 0.558. The molecule has 0 spiro atoms. The summed E-state index contributed by atoms with van der Waals surface area (Å²) in [5.74, 6) is 1.26. The van der Waals surface area contributed by atoms with Gasteiger partial charge in [0.1, 0.15) is 11.9 Å². The predicted molar refractivity (Wildman–Crippen MR) is 83.1 cm³/mol. The van der Waals surface area contributed by atoms with Crippen LogP contribution in [0.2, 0.25) is 0 Å². The Morgan fingerprint density at radius 1 is 1.40 bits per heavy atom. The van der Waals surface area contributed by atoms with E-state index in [1.807, 2.05) is 26.0 Å². The zero-order valence-electron chi connectivity index (χ0n) is 11.2. The summed E-state index contributed by atoms with van der Waals surface area (Å²) >= 11 is 3.35. The number of nitrogens with one attached hydrogen (secondary N) is 2. The molecule has 0 radical (unpaired) electrons. The Labute approximate surface area is 126 Å². The number of hydrogen-bond acceptors (Lipinski definition) is 5. The van der Waals surface area contributed by atoms with Crippen LogP contribution in [0.3, 0.4) is 0 Å². The average Bonchev–Trinajstić information content (AvgIpc) is 2.44. The molecule has 2 rings (SSSR count). The van der Waals surface area contributed by atoms with Gasteiger partial charge in [0.15, 0.2) is 0 Å². The molecule has 0 aliphatic heterocycles. The Balaban J connectivity index is 2.34. The molecule has 0 aliphatic rings. The number of hydrogen-bond donors (Lipinski definition) is 2. The van der Waals surface area contributed by atoms with Crippen molar-refractivity contribution in [1.29, 1.82) is 5.26 Å². The van der Waals surface area contributed by atoms with E-state index < -0.39 is 0 Å². The number of aromatic nitrogens is 2. The fourth-order valence-corrected chi connectivity index (χ4v) is 2.02. The van der Waals surface area contributed by atoms with Gasteiger partial charge in [0.25, 0.3) is 0 Å². The van der Waals surface area contributed by atoms with Gasteiger partial charge in [-0.2, -0.15) is 10.2 Å². The van der Waals surface area contributed by atoms with Crippen LogP contribution in [0.15, 0.2) is 28.9 Å². The smallest absolute Gasteiger partial charge is 0.224 e. The molecular weight excluding hydrogens is 318 g/mol. The minimum Gasteiger partial charge on any atom is -0.354 e. The fraction of sp³-hybridized carbons (Fsp3) is 0.214. The highest BCUT2D eigenvalue weighted by Gasteiger charge is 2.07. The maximum Gasteiger partial charge on any atom is 0.224 e. The molecule has 0 bridgehead atoms. The lowest BCUT2D eigenvalue weighted by atomic mass is 10.2. The Hall–Kier alpha value is -2.13. The number of nitriles is 1. The third-order valence-corrected chi connectivity index (χ3v) is 3.15. The number of halogens is 1. The second kappa shape index (κ2) is 6.35. The summed E-state index contributed by atoms with van der Waals surface area (Å²) in [6.07, 6.45) is 1.75. The van der Waals surface area contributed by atoms with Crippen LogP contribution in [0.4, 0.5) is 17.5 Å². The molecule has 2 aromatic rings. The van der Waals surface area contributed by atoms with E-state index in [9.17, 15) is 5.26 Å². The van der Waals surface area contributed by atoms with E-state index in [0.717, 1.165) is 22.3 Å². The first-order valence-corrected chi connectivity index (χ1v) is 6.97. The second-order valence-corrected chi connectivity index (χ2v) is 5.10. The lowest BCUT2D eigenvalue weighted by Crippen LogP contribution is -2.06. The summed E-state index contributed by atoms with van der Waals surface area (Å²) < 4.78 is 0.868. The van der Waals surface area contributed by atoms with Gasteiger partial charge in [-0.15, -0.1) is 0 Å². The number of aryl methyl sites for hydroxylation is 1. The Morgan fingerprint density at radius 2 is 2.20 bits per heavy atom. The van der Waals surface area contributed by atoms with Crippen LogP contribution in [0.1, 0.15) is 18.1 Å². The molecule has 0 aliphatic carbocycles. The standard InChI is InChI=1S/C14H14BrN5/c1-3-17-14-18-8-9(2)13(20-14)19-12-5-4-11(15)6-10(12)7-16/h4-6,8H,3H2,1-2H3,(H2,17,18,19,20). The maximum absolute atomic E-state index is 9.17. The molecule has 1 heterocycles. The van der Waals surface area contributed by atoms with E-state index >= 15 is 0 Å². The summed E-state index contributed by atoms with van der Waals surface area (Å²) in [4.78, 5) is 8.59. The van der Waals surface area contributed by atoms with E-state index in [4.69, 9.17) is 0 Å². The van der Waals surface area contributed by atoms with Gasteiger partial charge in [0.2, 0.25) is 5.95 Å².